The summed E-state index contributed by atoms with van der Waals surface area (Å²) >= 11 is 1.65. The van der Waals surface area contributed by atoms with Crippen LogP contribution >= 0.6 is 11.3 Å². The van der Waals surface area contributed by atoms with Gasteiger partial charge in [0.1, 0.15) is 5.01 Å². The topological polar surface area (TPSA) is 63.6 Å². The molecule has 0 spiro atoms. The number of rotatable bonds is 8. The van der Waals surface area contributed by atoms with Crippen molar-refractivity contribution < 1.29 is 9.47 Å². The molecule has 7 nitrogen and oxygen atoms in total. The first kappa shape index (κ1) is 20.6. The number of anilines is 1. The summed E-state index contributed by atoms with van der Waals surface area (Å²) in [5.41, 5.74) is 2.12. The van der Waals surface area contributed by atoms with Gasteiger partial charge in [-0.3, -0.25) is 4.90 Å². The quantitative estimate of drug-likeness (QED) is 0.545. The first-order chi connectivity index (χ1) is 14.7. The lowest BCUT2D eigenvalue weighted by atomic mass is 10.2. The Morgan fingerprint density at radius 3 is 2.83 bits per heavy atom. The molecule has 1 aliphatic rings. The summed E-state index contributed by atoms with van der Waals surface area (Å²) in [7, 11) is 5.45. The molecule has 1 atom stereocenters. The van der Waals surface area contributed by atoms with Crippen LogP contribution in [0.1, 0.15) is 18.5 Å². The Morgan fingerprint density at radius 1 is 1.20 bits per heavy atom. The van der Waals surface area contributed by atoms with Crippen LogP contribution in [0.4, 0.5) is 5.82 Å². The zero-order valence-electron chi connectivity index (χ0n) is 17.6. The zero-order chi connectivity index (χ0) is 20.9. The molecule has 1 aromatic carbocycles. The van der Waals surface area contributed by atoms with Crippen LogP contribution in [0, 0.1) is 0 Å². The molecule has 1 saturated heterocycles. The van der Waals surface area contributed by atoms with Gasteiger partial charge in [0.15, 0.2) is 17.3 Å². The fourth-order valence-electron chi connectivity index (χ4n) is 3.96. The van der Waals surface area contributed by atoms with E-state index in [1.54, 1.807) is 31.8 Å². The van der Waals surface area contributed by atoms with Crippen molar-refractivity contribution in [3.05, 3.63) is 47.6 Å². The Kier molecular flexibility index (Phi) is 6.44. The van der Waals surface area contributed by atoms with Crippen LogP contribution in [-0.4, -0.2) is 60.5 Å². The molecule has 3 heterocycles. The van der Waals surface area contributed by atoms with E-state index in [2.05, 4.69) is 32.4 Å². The van der Waals surface area contributed by atoms with Crippen LogP contribution in [-0.2, 0) is 6.54 Å². The van der Waals surface area contributed by atoms with Gasteiger partial charge in [0, 0.05) is 42.8 Å². The fourth-order valence-corrected chi connectivity index (χ4v) is 4.76. The van der Waals surface area contributed by atoms with Crippen LogP contribution in [0.5, 0.6) is 11.5 Å². The molecular formula is C22H27N5O2S. The minimum Gasteiger partial charge on any atom is -0.493 e. The van der Waals surface area contributed by atoms with Crippen molar-refractivity contribution in [3.63, 3.8) is 0 Å². The van der Waals surface area contributed by atoms with E-state index in [0.717, 1.165) is 47.5 Å². The molecule has 0 N–H and O–H groups in total. The summed E-state index contributed by atoms with van der Waals surface area (Å²) in [6.45, 7) is 2.83. The highest BCUT2D eigenvalue weighted by atomic mass is 32.1. The molecular weight excluding hydrogens is 398 g/mol. The Hall–Kier alpha value is -2.71. The van der Waals surface area contributed by atoms with Crippen LogP contribution < -0.4 is 14.4 Å². The Labute approximate surface area is 181 Å². The molecule has 0 aliphatic carbocycles. The van der Waals surface area contributed by atoms with E-state index in [0.29, 0.717) is 11.8 Å². The number of nitrogens with zero attached hydrogens (tertiary/aromatic N) is 5. The van der Waals surface area contributed by atoms with Gasteiger partial charge in [-0.25, -0.2) is 4.98 Å². The molecule has 1 aliphatic heterocycles. The van der Waals surface area contributed by atoms with E-state index in [-0.39, 0.29) is 0 Å². The maximum absolute atomic E-state index is 5.42. The maximum atomic E-state index is 5.42. The van der Waals surface area contributed by atoms with Crippen LogP contribution in [0.15, 0.2) is 41.9 Å². The zero-order valence-corrected chi connectivity index (χ0v) is 18.4. The summed E-state index contributed by atoms with van der Waals surface area (Å²) in [5.74, 6) is 2.41. The second-order valence-electron chi connectivity index (χ2n) is 7.48. The van der Waals surface area contributed by atoms with Gasteiger partial charge in [0.2, 0.25) is 0 Å². The molecule has 2 aromatic heterocycles. The number of thiazole rings is 1. The minimum absolute atomic E-state index is 0.454. The predicted octanol–water partition coefficient (Wildman–Crippen LogP) is 3.72. The third-order valence-corrected chi connectivity index (χ3v) is 6.31. The van der Waals surface area contributed by atoms with Gasteiger partial charge < -0.3 is 14.4 Å². The van der Waals surface area contributed by atoms with Crippen molar-refractivity contribution in [2.75, 3.05) is 39.3 Å². The Bertz CT molecular complexity index is 965. The molecule has 8 heteroatoms. The average molecular weight is 426 g/mol. The van der Waals surface area contributed by atoms with Gasteiger partial charge >= 0.3 is 0 Å². The van der Waals surface area contributed by atoms with Gasteiger partial charge in [-0.1, -0.05) is 0 Å². The highest BCUT2D eigenvalue weighted by molar-refractivity contribution is 7.13. The average Bonchev–Trinajstić information content (AvgIpc) is 3.43. The summed E-state index contributed by atoms with van der Waals surface area (Å²) in [4.78, 5) is 9.56. The first-order valence-corrected chi connectivity index (χ1v) is 11.0. The highest BCUT2D eigenvalue weighted by Gasteiger charge is 2.27. The molecule has 1 unspecified atom stereocenters. The van der Waals surface area contributed by atoms with Crippen molar-refractivity contribution in [1.82, 2.24) is 20.1 Å². The first-order valence-electron chi connectivity index (χ1n) is 10.1. The van der Waals surface area contributed by atoms with Crippen LogP contribution in [0.2, 0.25) is 0 Å². The van der Waals surface area contributed by atoms with E-state index in [1.165, 1.54) is 12.8 Å². The normalized spacial score (nSPS) is 16.3. The molecule has 0 saturated carbocycles. The lowest BCUT2D eigenvalue weighted by molar-refractivity contribution is 0.300. The second-order valence-corrected chi connectivity index (χ2v) is 8.34. The monoisotopic (exact) mass is 425 g/mol. The van der Waals surface area contributed by atoms with Crippen LogP contribution in [0.3, 0.4) is 0 Å². The number of hydrogen-bond acceptors (Lipinski definition) is 8. The van der Waals surface area contributed by atoms with E-state index in [4.69, 9.17) is 14.5 Å². The Balaban J connectivity index is 1.40. The molecule has 0 amide bonds. The van der Waals surface area contributed by atoms with Gasteiger partial charge in [0.25, 0.3) is 0 Å². The largest absolute Gasteiger partial charge is 0.493 e. The molecule has 1 fully saturated rings. The molecule has 30 heavy (non-hydrogen) atoms. The molecule has 158 valence electrons. The molecule has 3 aromatic rings. The molecule has 0 bridgehead atoms. The van der Waals surface area contributed by atoms with Gasteiger partial charge in [-0.2, -0.15) is 5.10 Å². The summed E-state index contributed by atoms with van der Waals surface area (Å²) < 4.78 is 10.7. The van der Waals surface area contributed by atoms with Gasteiger partial charge in [0.05, 0.1) is 19.9 Å². The third kappa shape index (κ3) is 4.55. The van der Waals surface area contributed by atoms with E-state index in [1.807, 2.05) is 30.3 Å². The molecule has 4 rings (SSSR count). The van der Waals surface area contributed by atoms with Gasteiger partial charge in [-0.15, -0.1) is 16.4 Å². The van der Waals surface area contributed by atoms with Crippen LogP contribution in [0.25, 0.3) is 10.6 Å². The Morgan fingerprint density at radius 2 is 2.07 bits per heavy atom. The summed E-state index contributed by atoms with van der Waals surface area (Å²) in [6.07, 6.45) is 4.09. The fraction of sp³-hybridized carbons (Fsp3) is 0.409. The molecule has 0 radical (unpaired) electrons. The standard InChI is InChI=1S/C22H27N5O2S/c1-26(14-18-6-5-11-27(18)21-7-4-10-23-25-21)13-17-15-30-22(24-17)16-8-9-19(28-2)20(12-16)29-3/h4,7-10,12,15,18H,5-6,11,13-14H2,1-3H3. The van der Waals surface area contributed by atoms with Crippen molar-refractivity contribution in [3.8, 4) is 22.1 Å². The van der Waals surface area contributed by atoms with E-state index < -0.39 is 0 Å². The number of hydrogen-bond donors (Lipinski definition) is 0. The van der Waals surface area contributed by atoms with Crippen molar-refractivity contribution in [1.29, 1.82) is 0 Å². The number of methoxy groups -OCH3 is 2. The number of aromatic nitrogens is 3. The smallest absolute Gasteiger partial charge is 0.161 e. The second kappa shape index (κ2) is 9.40. The number of benzene rings is 1. The lowest BCUT2D eigenvalue weighted by Gasteiger charge is -2.28. The SMILES string of the molecule is COc1ccc(-c2nc(CN(C)CC3CCCN3c3cccnn3)cs2)cc1OC. The minimum atomic E-state index is 0.454. The lowest BCUT2D eigenvalue weighted by Crippen LogP contribution is -2.39. The van der Waals surface area contributed by atoms with Gasteiger partial charge in [-0.05, 0) is 50.2 Å². The van der Waals surface area contributed by atoms with E-state index >= 15 is 0 Å². The van der Waals surface area contributed by atoms with E-state index in [9.17, 15) is 0 Å². The predicted molar refractivity (Wildman–Crippen MR) is 119 cm³/mol. The van der Waals surface area contributed by atoms with Crippen molar-refractivity contribution in [2.45, 2.75) is 25.4 Å². The van der Waals surface area contributed by atoms with Crippen molar-refractivity contribution in [2.24, 2.45) is 0 Å². The number of ether oxygens (including phenoxy) is 2. The maximum Gasteiger partial charge on any atom is 0.161 e. The summed E-state index contributed by atoms with van der Waals surface area (Å²) in [6, 6.07) is 10.4. The number of likely N-dealkylation sites (N-methyl/N-ethyl adjacent to an activating group) is 1. The van der Waals surface area contributed by atoms with Crippen molar-refractivity contribution >= 4 is 17.2 Å². The summed E-state index contributed by atoms with van der Waals surface area (Å²) in [5, 5.41) is 11.5. The highest BCUT2D eigenvalue weighted by Crippen LogP contribution is 2.33. The third-order valence-electron chi connectivity index (χ3n) is 5.37.